The van der Waals surface area contributed by atoms with Crippen molar-refractivity contribution in [3.8, 4) is 5.75 Å². The van der Waals surface area contributed by atoms with Gasteiger partial charge in [0.05, 0.1) is 24.3 Å². The first-order valence-electron chi connectivity index (χ1n) is 7.90. The lowest BCUT2D eigenvalue weighted by atomic mass is 9.90. The molecule has 1 aliphatic heterocycles. The Morgan fingerprint density at radius 3 is 2.67 bits per heavy atom. The summed E-state index contributed by atoms with van der Waals surface area (Å²) < 4.78 is 10.9. The summed E-state index contributed by atoms with van der Waals surface area (Å²) in [6.45, 7) is 2.47. The van der Waals surface area contributed by atoms with Crippen LogP contribution in [0.15, 0.2) is 42.5 Å². The Bertz CT molecular complexity index is 770. The summed E-state index contributed by atoms with van der Waals surface area (Å²) in [4.78, 5) is 24.4. The van der Waals surface area contributed by atoms with Crippen LogP contribution in [0.5, 0.6) is 5.75 Å². The van der Waals surface area contributed by atoms with Gasteiger partial charge < -0.3 is 14.8 Å². The van der Waals surface area contributed by atoms with Gasteiger partial charge in [0.2, 0.25) is 0 Å². The minimum absolute atomic E-state index is 0.0148. The summed E-state index contributed by atoms with van der Waals surface area (Å²) in [7, 11) is 1.55. The van der Waals surface area contributed by atoms with Crippen molar-refractivity contribution in [2.45, 2.75) is 12.8 Å². The van der Waals surface area contributed by atoms with Crippen molar-refractivity contribution in [1.29, 1.82) is 0 Å². The second-order valence-electron chi connectivity index (χ2n) is 5.52. The fourth-order valence-electron chi connectivity index (χ4n) is 2.92. The highest BCUT2D eigenvalue weighted by molar-refractivity contribution is 6.01. The predicted octanol–water partition coefficient (Wildman–Crippen LogP) is 2.75. The number of benzene rings is 2. The monoisotopic (exact) mass is 325 g/mol. The molecule has 0 aromatic heterocycles. The molecule has 1 aliphatic rings. The fourth-order valence-corrected chi connectivity index (χ4v) is 2.92. The Kier molecular flexibility index (Phi) is 4.51. The van der Waals surface area contributed by atoms with Gasteiger partial charge in [-0.2, -0.15) is 0 Å². The van der Waals surface area contributed by atoms with E-state index in [1.807, 2.05) is 30.3 Å². The lowest BCUT2D eigenvalue weighted by Crippen LogP contribution is -2.19. The van der Waals surface area contributed by atoms with Crippen LogP contribution in [-0.2, 0) is 4.74 Å². The Morgan fingerprint density at radius 2 is 2.00 bits per heavy atom. The number of hydrogen-bond acceptors (Lipinski definition) is 4. The first kappa shape index (κ1) is 16.1. The number of amides is 1. The summed E-state index contributed by atoms with van der Waals surface area (Å²) in [6, 6.07) is 13.2. The quantitative estimate of drug-likeness (QED) is 0.878. The molecule has 0 radical (unpaired) electrons. The first-order chi connectivity index (χ1) is 11.7. The van der Waals surface area contributed by atoms with Crippen LogP contribution in [0, 0.1) is 0 Å². The van der Waals surface area contributed by atoms with Crippen LogP contribution in [0.1, 0.15) is 44.7 Å². The van der Waals surface area contributed by atoms with Gasteiger partial charge in [0.15, 0.2) is 0 Å². The summed E-state index contributed by atoms with van der Waals surface area (Å²) in [5, 5.41) is 2.59. The van der Waals surface area contributed by atoms with Crippen molar-refractivity contribution < 1.29 is 19.1 Å². The molecule has 2 aromatic rings. The van der Waals surface area contributed by atoms with E-state index in [-0.39, 0.29) is 18.4 Å². The molecule has 3 rings (SSSR count). The second kappa shape index (κ2) is 6.74. The van der Waals surface area contributed by atoms with Crippen molar-refractivity contribution >= 4 is 11.9 Å². The highest BCUT2D eigenvalue weighted by atomic mass is 16.5. The van der Waals surface area contributed by atoms with Crippen LogP contribution in [0.4, 0.5) is 0 Å². The van der Waals surface area contributed by atoms with Gasteiger partial charge in [0.25, 0.3) is 5.91 Å². The molecule has 0 fully saturated rings. The molecule has 124 valence electrons. The van der Waals surface area contributed by atoms with Gasteiger partial charge in [-0.05, 0) is 24.6 Å². The normalized spacial score (nSPS) is 15.3. The minimum atomic E-state index is -0.441. The Balaban J connectivity index is 2.11. The van der Waals surface area contributed by atoms with E-state index in [2.05, 4.69) is 5.32 Å². The number of esters is 1. The van der Waals surface area contributed by atoms with Gasteiger partial charge in [0, 0.05) is 18.5 Å². The summed E-state index contributed by atoms with van der Waals surface area (Å²) in [5.41, 5.74) is 2.64. The van der Waals surface area contributed by atoms with E-state index < -0.39 is 5.97 Å². The molecule has 24 heavy (non-hydrogen) atoms. The average Bonchev–Trinajstić information content (AvgIpc) is 3.05. The smallest absolute Gasteiger partial charge is 0.338 e. The van der Waals surface area contributed by atoms with Crippen molar-refractivity contribution in [1.82, 2.24) is 5.32 Å². The highest BCUT2D eigenvalue weighted by Crippen LogP contribution is 2.41. The molecule has 0 unspecified atom stereocenters. The molecule has 2 aromatic carbocycles. The van der Waals surface area contributed by atoms with Gasteiger partial charge in [-0.15, -0.1) is 0 Å². The maximum Gasteiger partial charge on any atom is 0.338 e. The lowest BCUT2D eigenvalue weighted by Gasteiger charge is -2.12. The third kappa shape index (κ3) is 2.85. The van der Waals surface area contributed by atoms with E-state index in [0.29, 0.717) is 23.5 Å². The standard InChI is InChI=1S/C19H19NO4/c1-3-23-19(22)13-9-14-16(12-7-5-4-6-8-12)11-24-17(14)15(10-13)18(21)20-2/h4-10,16H,3,11H2,1-2H3,(H,20,21)/t16-/m1/s1. The van der Waals surface area contributed by atoms with Crippen LogP contribution < -0.4 is 10.1 Å². The zero-order chi connectivity index (χ0) is 17.1. The first-order valence-corrected chi connectivity index (χ1v) is 7.90. The Labute approximate surface area is 140 Å². The van der Waals surface area contributed by atoms with Crippen LogP contribution >= 0.6 is 0 Å². The number of ether oxygens (including phenoxy) is 2. The molecule has 5 heteroatoms. The van der Waals surface area contributed by atoms with Crippen molar-refractivity contribution in [3.05, 3.63) is 64.7 Å². The van der Waals surface area contributed by atoms with Crippen molar-refractivity contribution in [2.24, 2.45) is 0 Å². The number of rotatable bonds is 4. The zero-order valence-corrected chi connectivity index (χ0v) is 13.7. The number of fused-ring (bicyclic) bond motifs is 1. The van der Waals surface area contributed by atoms with Crippen LogP contribution in [0.3, 0.4) is 0 Å². The summed E-state index contributed by atoms with van der Waals surface area (Å²) in [6.07, 6.45) is 0. The largest absolute Gasteiger partial charge is 0.491 e. The van der Waals surface area contributed by atoms with E-state index in [1.54, 1.807) is 20.0 Å². The molecule has 1 N–H and O–H groups in total. The minimum Gasteiger partial charge on any atom is -0.491 e. The van der Waals surface area contributed by atoms with Crippen LogP contribution in [-0.4, -0.2) is 32.1 Å². The molecule has 0 saturated heterocycles. The van der Waals surface area contributed by atoms with Crippen LogP contribution in [0.25, 0.3) is 0 Å². The highest BCUT2D eigenvalue weighted by Gasteiger charge is 2.31. The number of carbonyl (C=O) groups excluding carboxylic acids is 2. The van der Waals surface area contributed by atoms with Crippen molar-refractivity contribution in [3.63, 3.8) is 0 Å². The van der Waals surface area contributed by atoms with E-state index in [9.17, 15) is 9.59 Å². The number of carbonyl (C=O) groups is 2. The topological polar surface area (TPSA) is 64.6 Å². The maximum absolute atomic E-state index is 12.2. The van der Waals surface area contributed by atoms with E-state index in [0.717, 1.165) is 11.1 Å². The van der Waals surface area contributed by atoms with Gasteiger partial charge in [-0.3, -0.25) is 4.79 Å². The summed E-state index contributed by atoms with van der Waals surface area (Å²) >= 11 is 0. The van der Waals surface area contributed by atoms with E-state index >= 15 is 0 Å². The van der Waals surface area contributed by atoms with Gasteiger partial charge in [-0.1, -0.05) is 30.3 Å². The molecular formula is C19H19NO4. The molecule has 0 saturated carbocycles. The van der Waals surface area contributed by atoms with Gasteiger partial charge in [0.1, 0.15) is 5.75 Å². The molecule has 0 aliphatic carbocycles. The molecule has 5 nitrogen and oxygen atoms in total. The Hall–Kier alpha value is -2.82. The molecule has 1 atom stereocenters. The van der Waals surface area contributed by atoms with Crippen LogP contribution in [0.2, 0.25) is 0 Å². The van der Waals surface area contributed by atoms with E-state index in [1.165, 1.54) is 6.07 Å². The average molecular weight is 325 g/mol. The predicted molar refractivity (Wildman–Crippen MR) is 89.6 cm³/mol. The molecule has 0 bridgehead atoms. The van der Waals surface area contributed by atoms with Gasteiger partial charge >= 0.3 is 5.97 Å². The summed E-state index contributed by atoms with van der Waals surface area (Å²) in [5.74, 6) is -0.203. The number of nitrogens with one attached hydrogen (secondary N) is 1. The van der Waals surface area contributed by atoms with Crippen molar-refractivity contribution in [2.75, 3.05) is 20.3 Å². The third-order valence-electron chi connectivity index (χ3n) is 4.07. The second-order valence-corrected chi connectivity index (χ2v) is 5.52. The molecular weight excluding hydrogens is 306 g/mol. The fraction of sp³-hybridized carbons (Fsp3) is 0.263. The van der Waals surface area contributed by atoms with Gasteiger partial charge in [-0.25, -0.2) is 4.79 Å². The Morgan fingerprint density at radius 1 is 1.25 bits per heavy atom. The molecule has 1 amide bonds. The zero-order valence-electron chi connectivity index (χ0n) is 13.7. The lowest BCUT2D eigenvalue weighted by molar-refractivity contribution is 0.0526. The number of hydrogen-bond donors (Lipinski definition) is 1. The maximum atomic E-state index is 12.2. The SMILES string of the molecule is CCOC(=O)c1cc(C(=O)NC)c2c(c1)[C@@H](c1ccccc1)CO2. The molecule has 1 heterocycles. The molecule has 0 spiro atoms. The third-order valence-corrected chi connectivity index (χ3v) is 4.07. The van der Waals surface area contributed by atoms with E-state index in [4.69, 9.17) is 9.47 Å².